The van der Waals surface area contributed by atoms with Gasteiger partial charge in [-0.05, 0) is 6.92 Å². The molecule has 0 fully saturated rings. The molecule has 134 valence electrons. The lowest BCUT2D eigenvalue weighted by Gasteiger charge is -2.08. The Morgan fingerprint density at radius 1 is 1.17 bits per heavy atom. The van der Waals surface area contributed by atoms with Gasteiger partial charge in [0.2, 0.25) is 0 Å². The van der Waals surface area contributed by atoms with Crippen LogP contribution < -0.4 is 10.6 Å². The largest absolute Gasteiger partial charge is 0.378 e. The fraction of sp³-hybridized carbons (Fsp3) is 0.857. The van der Waals surface area contributed by atoms with Crippen LogP contribution in [-0.4, -0.2) is 65.1 Å². The van der Waals surface area contributed by atoms with Gasteiger partial charge in [0.25, 0.3) is 0 Å². The van der Waals surface area contributed by atoms with Crippen molar-refractivity contribution in [2.45, 2.75) is 37.6 Å². The molecule has 1 rings (SSSR count). The van der Waals surface area contributed by atoms with Gasteiger partial charge in [0.15, 0.2) is 0 Å². The first-order valence-corrected chi connectivity index (χ1v) is 8.96. The van der Waals surface area contributed by atoms with Crippen molar-refractivity contribution in [1.82, 2.24) is 25.6 Å². The zero-order chi connectivity index (χ0) is 16.9. The fourth-order valence-electron chi connectivity index (χ4n) is 1.72. The first-order valence-electron chi connectivity index (χ1n) is 7.92. The van der Waals surface area contributed by atoms with Gasteiger partial charge in [0.05, 0.1) is 38.7 Å². The Hall–Kier alpha value is -0.320. The highest BCUT2D eigenvalue weighted by molar-refractivity contribution is 7.81. The first kappa shape index (κ1) is 20.7. The monoisotopic (exact) mass is 363 g/mol. The summed E-state index contributed by atoms with van der Waals surface area (Å²) in [6.07, 6.45) is 1.91. The van der Waals surface area contributed by atoms with Crippen LogP contribution in [0.3, 0.4) is 0 Å². The predicted octanol–water partition coefficient (Wildman–Crippen LogP) is 0.585. The number of thiol groups is 2. The smallest absolute Gasteiger partial charge is 0.0965 e. The molecule has 0 spiro atoms. The average Bonchev–Trinajstić information content (AvgIpc) is 2.94. The van der Waals surface area contributed by atoms with Crippen molar-refractivity contribution in [3.63, 3.8) is 0 Å². The molecule has 0 aliphatic carbocycles. The molecule has 2 N–H and O–H groups in total. The summed E-state index contributed by atoms with van der Waals surface area (Å²) in [6, 6.07) is 0. The van der Waals surface area contributed by atoms with Crippen LogP contribution in [0.1, 0.15) is 19.5 Å². The summed E-state index contributed by atoms with van der Waals surface area (Å²) in [6.45, 7) is 9.58. The number of hydrogen-bond donors (Lipinski definition) is 4. The topological polar surface area (TPSA) is 73.2 Å². The number of nitrogens with zero attached hydrogens (tertiary/aromatic N) is 3. The summed E-state index contributed by atoms with van der Waals surface area (Å²) in [5.41, 5.74) is 0.900. The highest BCUT2D eigenvalue weighted by Gasteiger charge is 2.01. The Morgan fingerprint density at radius 2 is 1.91 bits per heavy atom. The van der Waals surface area contributed by atoms with E-state index in [0.29, 0.717) is 44.8 Å². The zero-order valence-corrected chi connectivity index (χ0v) is 15.7. The number of hydrogen-bond acceptors (Lipinski definition) is 8. The second-order valence-corrected chi connectivity index (χ2v) is 6.96. The molecule has 2 atom stereocenters. The Labute approximate surface area is 149 Å². The first-order chi connectivity index (χ1) is 11.1. The van der Waals surface area contributed by atoms with Gasteiger partial charge in [-0.1, -0.05) is 12.1 Å². The van der Waals surface area contributed by atoms with E-state index in [1.54, 1.807) is 4.68 Å². The maximum Gasteiger partial charge on any atom is 0.0965 e. The summed E-state index contributed by atoms with van der Waals surface area (Å²) >= 11 is 8.54. The Morgan fingerprint density at radius 3 is 2.61 bits per heavy atom. The summed E-state index contributed by atoms with van der Waals surface area (Å²) in [5.74, 6) is 0. The Kier molecular flexibility index (Phi) is 11.7. The minimum Gasteiger partial charge on any atom is -0.378 e. The molecule has 1 aromatic heterocycles. The molecule has 1 heterocycles. The highest BCUT2D eigenvalue weighted by atomic mass is 32.1. The van der Waals surface area contributed by atoms with Crippen molar-refractivity contribution >= 4 is 25.3 Å². The van der Waals surface area contributed by atoms with Crippen molar-refractivity contribution in [3.8, 4) is 0 Å². The Bertz CT molecular complexity index is 404. The molecule has 23 heavy (non-hydrogen) atoms. The highest BCUT2D eigenvalue weighted by Crippen LogP contribution is 1.95. The van der Waals surface area contributed by atoms with E-state index in [9.17, 15) is 0 Å². The molecule has 9 heteroatoms. The van der Waals surface area contributed by atoms with Crippen LogP contribution >= 0.6 is 25.3 Å². The van der Waals surface area contributed by atoms with Crippen LogP contribution in [0.5, 0.6) is 0 Å². The van der Waals surface area contributed by atoms with Crippen molar-refractivity contribution in [2.24, 2.45) is 0 Å². The van der Waals surface area contributed by atoms with E-state index >= 15 is 0 Å². The SMILES string of the molecule is CC(S)CNCCOCCOCCn1cc(CNC(C)S)nn1. The lowest BCUT2D eigenvalue weighted by atomic mass is 10.4. The normalized spacial score (nSPS) is 14.1. The molecule has 7 nitrogen and oxygen atoms in total. The van der Waals surface area contributed by atoms with Gasteiger partial charge >= 0.3 is 0 Å². The van der Waals surface area contributed by atoms with Crippen LogP contribution in [0.2, 0.25) is 0 Å². The third-order valence-electron chi connectivity index (χ3n) is 2.86. The van der Waals surface area contributed by atoms with Crippen molar-refractivity contribution < 1.29 is 9.47 Å². The van der Waals surface area contributed by atoms with Crippen LogP contribution in [0.4, 0.5) is 0 Å². The van der Waals surface area contributed by atoms with Crippen LogP contribution in [0, 0.1) is 0 Å². The molecule has 2 unspecified atom stereocenters. The maximum atomic E-state index is 5.52. The van der Waals surface area contributed by atoms with Gasteiger partial charge in [0.1, 0.15) is 0 Å². The van der Waals surface area contributed by atoms with Crippen molar-refractivity contribution in [1.29, 1.82) is 0 Å². The molecule has 0 aliphatic heterocycles. The van der Waals surface area contributed by atoms with Gasteiger partial charge in [-0.2, -0.15) is 25.3 Å². The molecule has 0 aromatic carbocycles. The van der Waals surface area contributed by atoms with Crippen LogP contribution in [-0.2, 0) is 22.6 Å². The van der Waals surface area contributed by atoms with Crippen molar-refractivity contribution in [2.75, 3.05) is 39.5 Å². The van der Waals surface area contributed by atoms with Crippen LogP contribution in [0.15, 0.2) is 6.20 Å². The summed E-state index contributed by atoms with van der Waals surface area (Å²) in [5, 5.41) is 15.1. The fourth-order valence-corrected chi connectivity index (χ4v) is 1.94. The van der Waals surface area contributed by atoms with Gasteiger partial charge in [-0.3, -0.25) is 5.32 Å². The van der Waals surface area contributed by atoms with Gasteiger partial charge < -0.3 is 14.8 Å². The molecule has 1 aromatic rings. The number of rotatable bonds is 14. The van der Waals surface area contributed by atoms with E-state index in [4.69, 9.17) is 9.47 Å². The van der Waals surface area contributed by atoms with Crippen molar-refractivity contribution in [3.05, 3.63) is 11.9 Å². The average molecular weight is 364 g/mol. The lowest BCUT2D eigenvalue weighted by Crippen LogP contribution is -2.25. The van der Waals surface area contributed by atoms with Gasteiger partial charge in [-0.15, -0.1) is 5.10 Å². The van der Waals surface area contributed by atoms with E-state index in [0.717, 1.165) is 18.8 Å². The quantitative estimate of drug-likeness (QED) is 0.220. The maximum absolute atomic E-state index is 5.52. The van der Waals surface area contributed by atoms with E-state index in [-0.39, 0.29) is 5.37 Å². The minimum absolute atomic E-state index is 0.139. The summed E-state index contributed by atoms with van der Waals surface area (Å²) < 4.78 is 12.8. The zero-order valence-electron chi connectivity index (χ0n) is 13.9. The summed E-state index contributed by atoms with van der Waals surface area (Å²) in [4.78, 5) is 0. The van der Waals surface area contributed by atoms with Gasteiger partial charge in [0, 0.05) is 36.5 Å². The molecule has 0 saturated heterocycles. The lowest BCUT2D eigenvalue weighted by molar-refractivity contribution is 0.0449. The molecular formula is C14H29N5O2S2. The number of aromatic nitrogens is 3. The minimum atomic E-state index is 0.139. The second-order valence-electron chi connectivity index (χ2n) is 5.31. The van der Waals surface area contributed by atoms with E-state index < -0.39 is 0 Å². The molecule has 0 amide bonds. The number of nitrogens with one attached hydrogen (secondary N) is 2. The van der Waals surface area contributed by atoms with E-state index in [2.05, 4.69) is 53.1 Å². The van der Waals surface area contributed by atoms with Gasteiger partial charge in [-0.25, -0.2) is 4.68 Å². The Balaban J connectivity index is 1.93. The standard InChI is InChI=1S/C14H29N5O2S2/c1-12(22)9-15-3-5-20-7-8-21-6-4-19-11-14(17-18-19)10-16-13(2)23/h11-13,15-16,22-23H,3-10H2,1-2H3. The predicted molar refractivity (Wildman–Crippen MR) is 98.3 cm³/mol. The number of ether oxygens (including phenoxy) is 2. The summed E-state index contributed by atoms with van der Waals surface area (Å²) in [7, 11) is 0. The molecule has 0 aliphatic rings. The second kappa shape index (κ2) is 13.0. The van der Waals surface area contributed by atoms with E-state index in [1.807, 2.05) is 13.1 Å². The van der Waals surface area contributed by atoms with E-state index in [1.165, 1.54) is 0 Å². The molecule has 0 radical (unpaired) electrons. The third-order valence-corrected chi connectivity index (χ3v) is 3.23. The van der Waals surface area contributed by atoms with Crippen LogP contribution in [0.25, 0.3) is 0 Å². The molecule has 0 bridgehead atoms. The molecular weight excluding hydrogens is 334 g/mol. The molecule has 0 saturated carbocycles. The third kappa shape index (κ3) is 11.8.